The number of hydrogen-bond acceptors (Lipinski definition) is 2. The van der Waals surface area contributed by atoms with Gasteiger partial charge in [-0.25, -0.2) is 0 Å². The van der Waals surface area contributed by atoms with Gasteiger partial charge < -0.3 is 22.5 Å². The molecular weight excluding hydrogens is 298 g/mol. The molecule has 1 aromatic carbocycles. The van der Waals surface area contributed by atoms with Crippen molar-refractivity contribution in [2.45, 2.75) is 52.4 Å². The van der Waals surface area contributed by atoms with Crippen LogP contribution in [-0.4, -0.2) is 19.1 Å². The predicted octanol–water partition coefficient (Wildman–Crippen LogP) is -0.184. The van der Waals surface area contributed by atoms with Crippen molar-refractivity contribution < 1.29 is 27.3 Å². The van der Waals surface area contributed by atoms with Gasteiger partial charge in [0.05, 0.1) is 13.1 Å². The first-order chi connectivity index (χ1) is 10.0. The molecule has 0 bridgehead atoms. The number of hydrogen-bond donors (Lipinski definition) is 1. The van der Waals surface area contributed by atoms with E-state index < -0.39 is 0 Å². The molecule has 1 atom stereocenters. The van der Waals surface area contributed by atoms with E-state index in [1.807, 2.05) is 0 Å². The molecule has 1 aliphatic rings. The van der Waals surface area contributed by atoms with E-state index in [-0.39, 0.29) is 24.3 Å². The zero-order valence-corrected chi connectivity index (χ0v) is 14.8. The number of carbonyl (C=O) groups excluding carboxylic acids is 1. The lowest BCUT2D eigenvalue weighted by atomic mass is 9.93. The molecule has 0 amide bonds. The number of piperidine rings is 1. The van der Waals surface area contributed by atoms with Crippen LogP contribution < -0.4 is 22.5 Å². The van der Waals surface area contributed by atoms with E-state index in [1.165, 1.54) is 0 Å². The van der Waals surface area contributed by atoms with Gasteiger partial charge in [-0.05, 0) is 35.8 Å². The van der Waals surface area contributed by atoms with E-state index in [2.05, 4.69) is 51.2 Å². The minimum atomic E-state index is -0.0547. The molecule has 1 heterocycles. The van der Waals surface area contributed by atoms with Crippen molar-refractivity contribution in [3.8, 4) is 5.75 Å². The molecule has 0 aliphatic carbocycles. The lowest BCUT2D eigenvalue weighted by molar-refractivity contribution is -0.666. The van der Waals surface area contributed by atoms with Gasteiger partial charge in [0.25, 0.3) is 0 Å². The van der Waals surface area contributed by atoms with Crippen LogP contribution >= 0.6 is 0 Å². The summed E-state index contributed by atoms with van der Waals surface area (Å²) < 4.78 is 5.88. The van der Waals surface area contributed by atoms with Crippen molar-refractivity contribution in [3.63, 3.8) is 0 Å². The fourth-order valence-corrected chi connectivity index (χ4v) is 2.94. The predicted molar refractivity (Wildman–Crippen MR) is 84.6 cm³/mol. The molecule has 0 aromatic heterocycles. The normalized spacial score (nSPS) is 18.2. The Morgan fingerprint density at radius 3 is 2.23 bits per heavy atom. The zero-order valence-electron chi connectivity index (χ0n) is 14.1. The Hall–Kier alpha value is -1.06. The van der Waals surface area contributed by atoms with E-state index >= 15 is 0 Å². The third-order valence-corrected chi connectivity index (χ3v) is 4.27. The second-order valence-corrected chi connectivity index (χ2v) is 6.65. The summed E-state index contributed by atoms with van der Waals surface area (Å²) in [5.74, 6) is 1.49. The Labute approximate surface area is 140 Å². The average Bonchev–Trinajstić information content (AvgIpc) is 2.47. The van der Waals surface area contributed by atoms with Gasteiger partial charge in [0.15, 0.2) is 0 Å². The summed E-state index contributed by atoms with van der Waals surface area (Å²) in [6.45, 7) is 10.6. The smallest absolute Gasteiger partial charge is 0.320 e. The van der Waals surface area contributed by atoms with E-state index in [9.17, 15) is 4.79 Å². The number of esters is 1. The van der Waals surface area contributed by atoms with Gasteiger partial charge in [-0.1, -0.05) is 45.9 Å². The molecule has 1 aromatic rings. The van der Waals surface area contributed by atoms with Crippen LogP contribution in [0, 0.1) is 5.92 Å². The molecule has 1 saturated heterocycles. The van der Waals surface area contributed by atoms with Crippen LogP contribution in [-0.2, 0) is 4.79 Å². The molecule has 124 valence electrons. The lowest BCUT2D eigenvalue weighted by Crippen LogP contribution is -3.00. The molecule has 2 rings (SSSR count). The fraction of sp³-hybridized carbons (Fsp3) is 0.611. The van der Waals surface area contributed by atoms with Gasteiger partial charge in [0, 0.05) is 0 Å². The van der Waals surface area contributed by atoms with Crippen molar-refractivity contribution >= 4 is 5.97 Å². The molecule has 1 fully saturated rings. The monoisotopic (exact) mass is 325 g/mol. The maximum Gasteiger partial charge on any atom is 0.320 e. The summed E-state index contributed by atoms with van der Waals surface area (Å²) in [5.41, 5.74) is 2.27. The number of rotatable bonds is 4. The van der Waals surface area contributed by atoms with Gasteiger partial charge >= 0.3 is 5.97 Å². The first kappa shape index (κ1) is 19.0. The van der Waals surface area contributed by atoms with Crippen molar-refractivity contribution in [3.05, 3.63) is 29.3 Å². The van der Waals surface area contributed by atoms with E-state index in [4.69, 9.17) is 4.74 Å². The summed E-state index contributed by atoms with van der Waals surface area (Å²) in [6, 6.07) is 6.22. The van der Waals surface area contributed by atoms with Gasteiger partial charge in [0.2, 0.25) is 0 Å². The molecular formula is C18H28ClNO2. The zero-order chi connectivity index (χ0) is 15.4. The van der Waals surface area contributed by atoms with Crippen LogP contribution in [0.1, 0.15) is 63.5 Å². The number of nitrogens with two attached hydrogens (primary N) is 1. The molecule has 0 saturated carbocycles. The Bertz CT molecular complexity index is 468. The van der Waals surface area contributed by atoms with Crippen LogP contribution in [0.5, 0.6) is 5.75 Å². The highest BCUT2D eigenvalue weighted by Crippen LogP contribution is 2.35. The highest BCUT2D eigenvalue weighted by atomic mass is 35.5. The van der Waals surface area contributed by atoms with Gasteiger partial charge in [-0.3, -0.25) is 4.79 Å². The van der Waals surface area contributed by atoms with Crippen molar-refractivity contribution in [2.24, 2.45) is 5.92 Å². The Kier molecular flexibility index (Phi) is 7.37. The first-order valence-corrected chi connectivity index (χ1v) is 8.16. The summed E-state index contributed by atoms with van der Waals surface area (Å²) in [7, 11) is 0. The number of carbonyl (C=O) groups is 1. The summed E-state index contributed by atoms with van der Waals surface area (Å²) >= 11 is 0. The minimum absolute atomic E-state index is 0. The third kappa shape index (κ3) is 4.47. The third-order valence-electron chi connectivity index (χ3n) is 4.27. The van der Waals surface area contributed by atoms with Gasteiger partial charge in [-0.2, -0.15) is 0 Å². The van der Waals surface area contributed by atoms with E-state index in [0.717, 1.165) is 42.8 Å². The standard InChI is InChI=1S/C18H27NO2.ClH/c1-12(2)15-8-5-9-16(13(3)4)17(15)21-18(20)14-7-6-10-19-11-14;/h5,8-9,12-14,19H,6-7,10-11H2,1-4H3;1H. The largest absolute Gasteiger partial charge is 1.00 e. The second kappa shape index (κ2) is 8.54. The van der Waals surface area contributed by atoms with Crippen LogP contribution in [0.15, 0.2) is 18.2 Å². The number of quaternary nitrogens is 1. The maximum atomic E-state index is 12.5. The highest BCUT2D eigenvalue weighted by molar-refractivity contribution is 5.76. The lowest BCUT2D eigenvalue weighted by Gasteiger charge is -2.22. The Balaban J connectivity index is 0.00000242. The molecule has 1 aliphatic heterocycles. The van der Waals surface area contributed by atoms with E-state index in [1.54, 1.807) is 0 Å². The highest BCUT2D eigenvalue weighted by Gasteiger charge is 2.27. The number of halogens is 1. The molecule has 0 spiro atoms. The average molecular weight is 326 g/mol. The number of benzene rings is 1. The molecule has 3 nitrogen and oxygen atoms in total. The molecule has 2 N–H and O–H groups in total. The first-order valence-electron chi connectivity index (χ1n) is 8.16. The summed E-state index contributed by atoms with van der Waals surface area (Å²) in [6.07, 6.45) is 2.05. The van der Waals surface area contributed by atoms with Crippen LogP contribution in [0.25, 0.3) is 0 Å². The molecule has 4 heteroatoms. The van der Waals surface area contributed by atoms with Gasteiger partial charge in [-0.15, -0.1) is 0 Å². The maximum absolute atomic E-state index is 12.5. The van der Waals surface area contributed by atoms with Crippen LogP contribution in [0.3, 0.4) is 0 Å². The molecule has 1 unspecified atom stereocenters. The van der Waals surface area contributed by atoms with Crippen molar-refractivity contribution in [1.29, 1.82) is 0 Å². The Morgan fingerprint density at radius 2 is 1.77 bits per heavy atom. The second-order valence-electron chi connectivity index (χ2n) is 6.65. The number of para-hydroxylation sites is 1. The van der Waals surface area contributed by atoms with Gasteiger partial charge in [0.1, 0.15) is 11.7 Å². The van der Waals surface area contributed by atoms with E-state index in [0.29, 0.717) is 11.8 Å². The van der Waals surface area contributed by atoms with Crippen molar-refractivity contribution in [1.82, 2.24) is 0 Å². The summed E-state index contributed by atoms with van der Waals surface area (Å²) in [4.78, 5) is 12.5. The molecule has 22 heavy (non-hydrogen) atoms. The SMILES string of the molecule is CC(C)c1cccc(C(C)C)c1OC(=O)C1CCC[NH2+]C1.[Cl-]. The minimum Gasteiger partial charge on any atom is -1.00 e. The van der Waals surface area contributed by atoms with Crippen LogP contribution in [0.2, 0.25) is 0 Å². The molecule has 0 radical (unpaired) electrons. The Morgan fingerprint density at radius 1 is 1.18 bits per heavy atom. The number of ether oxygens (including phenoxy) is 1. The summed E-state index contributed by atoms with van der Waals surface area (Å²) in [5, 5.41) is 2.22. The fourth-order valence-electron chi connectivity index (χ4n) is 2.94. The topological polar surface area (TPSA) is 42.9 Å². The van der Waals surface area contributed by atoms with Crippen LogP contribution in [0.4, 0.5) is 0 Å². The van der Waals surface area contributed by atoms with Crippen molar-refractivity contribution in [2.75, 3.05) is 13.1 Å². The quantitative estimate of drug-likeness (QED) is 0.616.